The van der Waals surface area contributed by atoms with Crippen molar-refractivity contribution in [2.75, 3.05) is 41.3 Å². The van der Waals surface area contributed by atoms with Crippen molar-refractivity contribution in [2.45, 2.75) is 32.1 Å². The topological polar surface area (TPSA) is 48.5 Å². The molecule has 1 aromatic carbocycles. The second-order valence-electron chi connectivity index (χ2n) is 7.79. The standard InChI is InChI=1S/C22H26ClFN4O/c23-17-4-7-21(25-15-17)28-12-8-16(9-13-28)22(29)26-19-14-18(24)5-6-20(19)27-10-2-1-3-11-27/h4-7,14-16H,1-3,8-13H2,(H,26,29). The number of aromatic nitrogens is 1. The molecule has 2 aliphatic rings. The summed E-state index contributed by atoms with van der Waals surface area (Å²) in [4.78, 5) is 21.7. The summed E-state index contributed by atoms with van der Waals surface area (Å²) in [5.74, 6) is 0.434. The largest absolute Gasteiger partial charge is 0.370 e. The first-order valence-corrected chi connectivity index (χ1v) is 10.7. The van der Waals surface area contributed by atoms with Crippen molar-refractivity contribution in [3.8, 4) is 0 Å². The number of pyridine rings is 1. The van der Waals surface area contributed by atoms with Gasteiger partial charge in [0.15, 0.2) is 0 Å². The third-order valence-corrected chi connectivity index (χ3v) is 6.04. The van der Waals surface area contributed by atoms with Gasteiger partial charge in [0.1, 0.15) is 11.6 Å². The van der Waals surface area contributed by atoms with Gasteiger partial charge in [-0.2, -0.15) is 0 Å². The van der Waals surface area contributed by atoms with Crippen LogP contribution in [0.25, 0.3) is 0 Å². The van der Waals surface area contributed by atoms with Gasteiger partial charge in [0.25, 0.3) is 0 Å². The number of anilines is 3. The van der Waals surface area contributed by atoms with E-state index in [1.54, 1.807) is 12.3 Å². The first-order chi connectivity index (χ1) is 14.1. The molecule has 0 saturated carbocycles. The van der Waals surface area contributed by atoms with Crippen molar-refractivity contribution < 1.29 is 9.18 Å². The first-order valence-electron chi connectivity index (χ1n) is 10.3. The van der Waals surface area contributed by atoms with E-state index >= 15 is 0 Å². The molecule has 1 aromatic heterocycles. The van der Waals surface area contributed by atoms with Crippen LogP contribution >= 0.6 is 11.6 Å². The third kappa shape index (κ3) is 4.81. The SMILES string of the molecule is O=C(Nc1cc(F)ccc1N1CCCCC1)C1CCN(c2ccc(Cl)cn2)CC1. The highest BCUT2D eigenvalue weighted by atomic mass is 35.5. The lowest BCUT2D eigenvalue weighted by molar-refractivity contribution is -0.120. The Labute approximate surface area is 175 Å². The van der Waals surface area contributed by atoms with Crippen LogP contribution in [0.2, 0.25) is 5.02 Å². The molecule has 0 unspecified atom stereocenters. The zero-order valence-corrected chi connectivity index (χ0v) is 17.2. The van der Waals surface area contributed by atoms with E-state index in [4.69, 9.17) is 11.6 Å². The van der Waals surface area contributed by atoms with Gasteiger partial charge in [0.05, 0.1) is 16.4 Å². The second kappa shape index (κ2) is 8.99. The maximum atomic E-state index is 13.9. The van der Waals surface area contributed by atoms with Gasteiger partial charge in [0, 0.05) is 38.3 Å². The molecule has 154 valence electrons. The van der Waals surface area contributed by atoms with Gasteiger partial charge in [-0.05, 0) is 62.4 Å². The van der Waals surface area contributed by atoms with Crippen LogP contribution in [0.15, 0.2) is 36.5 Å². The zero-order chi connectivity index (χ0) is 20.2. The summed E-state index contributed by atoms with van der Waals surface area (Å²) in [6.07, 6.45) is 6.60. The molecule has 1 N–H and O–H groups in total. The summed E-state index contributed by atoms with van der Waals surface area (Å²) in [6.45, 7) is 3.41. The van der Waals surface area contributed by atoms with Crippen molar-refractivity contribution >= 4 is 34.7 Å². The number of piperidine rings is 2. The predicted molar refractivity (Wildman–Crippen MR) is 115 cm³/mol. The number of amides is 1. The summed E-state index contributed by atoms with van der Waals surface area (Å²) in [6, 6.07) is 8.42. The molecule has 5 nitrogen and oxygen atoms in total. The number of rotatable bonds is 4. The van der Waals surface area contributed by atoms with Crippen LogP contribution in [0.4, 0.5) is 21.6 Å². The van der Waals surface area contributed by atoms with E-state index in [2.05, 4.69) is 20.1 Å². The Morgan fingerprint density at radius 3 is 2.48 bits per heavy atom. The smallest absolute Gasteiger partial charge is 0.227 e. The van der Waals surface area contributed by atoms with Crippen LogP contribution in [0, 0.1) is 11.7 Å². The van der Waals surface area contributed by atoms with Crippen molar-refractivity contribution in [1.82, 2.24) is 4.98 Å². The van der Waals surface area contributed by atoms with E-state index in [-0.39, 0.29) is 17.6 Å². The predicted octanol–water partition coefficient (Wildman–Crippen LogP) is 4.72. The molecule has 2 fully saturated rings. The molecule has 0 radical (unpaired) electrons. The molecule has 0 atom stereocenters. The summed E-state index contributed by atoms with van der Waals surface area (Å²) >= 11 is 5.91. The Kier molecular flexibility index (Phi) is 6.19. The Balaban J connectivity index is 1.40. The molecule has 2 aromatic rings. The quantitative estimate of drug-likeness (QED) is 0.783. The molecule has 29 heavy (non-hydrogen) atoms. The lowest BCUT2D eigenvalue weighted by atomic mass is 9.95. The number of nitrogens with one attached hydrogen (secondary N) is 1. The molecule has 7 heteroatoms. The monoisotopic (exact) mass is 416 g/mol. The van der Waals surface area contributed by atoms with Crippen LogP contribution < -0.4 is 15.1 Å². The van der Waals surface area contributed by atoms with Crippen molar-refractivity contribution in [1.29, 1.82) is 0 Å². The highest BCUT2D eigenvalue weighted by Gasteiger charge is 2.27. The van der Waals surface area contributed by atoms with Gasteiger partial charge in [-0.15, -0.1) is 0 Å². The number of halogens is 2. The number of carbonyl (C=O) groups excluding carboxylic acids is 1. The minimum absolute atomic E-state index is 0.0300. The minimum atomic E-state index is -0.329. The molecule has 4 rings (SSSR count). The van der Waals surface area contributed by atoms with Gasteiger partial charge in [0.2, 0.25) is 5.91 Å². The summed E-state index contributed by atoms with van der Waals surface area (Å²) < 4.78 is 13.9. The number of carbonyl (C=O) groups is 1. The van der Waals surface area contributed by atoms with Gasteiger partial charge >= 0.3 is 0 Å². The van der Waals surface area contributed by atoms with Gasteiger partial charge in [-0.3, -0.25) is 4.79 Å². The third-order valence-electron chi connectivity index (χ3n) is 5.81. The van der Waals surface area contributed by atoms with Crippen LogP contribution in [-0.2, 0) is 4.79 Å². The fourth-order valence-electron chi connectivity index (χ4n) is 4.18. The molecule has 3 heterocycles. The lowest BCUT2D eigenvalue weighted by Crippen LogP contribution is -2.39. The average molecular weight is 417 g/mol. The number of hydrogen-bond acceptors (Lipinski definition) is 4. The second-order valence-corrected chi connectivity index (χ2v) is 8.23. The van der Waals surface area contributed by atoms with E-state index in [1.165, 1.54) is 18.6 Å². The van der Waals surface area contributed by atoms with Gasteiger partial charge in [-0.25, -0.2) is 9.37 Å². The lowest BCUT2D eigenvalue weighted by Gasteiger charge is -2.33. The minimum Gasteiger partial charge on any atom is -0.370 e. The molecule has 0 spiro atoms. The van der Waals surface area contributed by atoms with Gasteiger partial charge in [-0.1, -0.05) is 11.6 Å². The Morgan fingerprint density at radius 2 is 1.79 bits per heavy atom. The molecule has 2 aliphatic heterocycles. The van der Waals surface area contributed by atoms with E-state index in [0.29, 0.717) is 10.7 Å². The van der Waals surface area contributed by atoms with Crippen LogP contribution in [0.1, 0.15) is 32.1 Å². The Bertz CT molecular complexity index is 846. The van der Waals surface area contributed by atoms with Crippen LogP contribution in [0.5, 0.6) is 0 Å². The fourth-order valence-corrected chi connectivity index (χ4v) is 4.29. The average Bonchev–Trinajstić information content (AvgIpc) is 2.75. The molecular weight excluding hydrogens is 391 g/mol. The highest BCUT2D eigenvalue weighted by molar-refractivity contribution is 6.30. The van der Waals surface area contributed by atoms with Gasteiger partial charge < -0.3 is 15.1 Å². The number of hydrogen-bond donors (Lipinski definition) is 1. The summed E-state index contributed by atoms with van der Waals surface area (Å²) in [5, 5.41) is 3.62. The number of benzene rings is 1. The molecule has 1 amide bonds. The maximum absolute atomic E-state index is 13.9. The summed E-state index contributed by atoms with van der Waals surface area (Å²) in [5.41, 5.74) is 1.50. The summed E-state index contributed by atoms with van der Waals surface area (Å²) in [7, 11) is 0. The molecule has 0 bridgehead atoms. The van der Waals surface area contributed by atoms with Crippen molar-refractivity contribution in [3.05, 3.63) is 47.4 Å². The van der Waals surface area contributed by atoms with E-state index in [1.807, 2.05) is 12.1 Å². The zero-order valence-electron chi connectivity index (χ0n) is 16.4. The first kappa shape index (κ1) is 20.0. The van der Waals surface area contributed by atoms with Crippen LogP contribution in [-0.4, -0.2) is 37.1 Å². The normalized spacial score (nSPS) is 18.0. The fraction of sp³-hybridized carbons (Fsp3) is 0.455. The molecule has 0 aliphatic carbocycles. The van der Waals surface area contributed by atoms with E-state index in [0.717, 1.165) is 63.4 Å². The molecular formula is C22H26ClFN4O. The maximum Gasteiger partial charge on any atom is 0.227 e. The van der Waals surface area contributed by atoms with E-state index in [9.17, 15) is 9.18 Å². The highest BCUT2D eigenvalue weighted by Crippen LogP contribution is 2.31. The Hall–Kier alpha value is -2.34. The van der Waals surface area contributed by atoms with Crippen molar-refractivity contribution in [2.24, 2.45) is 5.92 Å². The Morgan fingerprint density at radius 1 is 1.03 bits per heavy atom. The number of nitrogens with zero attached hydrogens (tertiary/aromatic N) is 3. The van der Waals surface area contributed by atoms with E-state index < -0.39 is 0 Å². The molecule has 2 saturated heterocycles. The van der Waals surface area contributed by atoms with Crippen LogP contribution in [0.3, 0.4) is 0 Å². The van der Waals surface area contributed by atoms with Crippen molar-refractivity contribution in [3.63, 3.8) is 0 Å².